The molecule has 0 saturated heterocycles. The van der Waals surface area contributed by atoms with Crippen LogP contribution in [0.5, 0.6) is 0 Å². The third kappa shape index (κ3) is 3.45. The van der Waals surface area contributed by atoms with Crippen molar-refractivity contribution in [2.75, 3.05) is 7.05 Å². The molecule has 0 radical (unpaired) electrons. The van der Waals surface area contributed by atoms with Crippen molar-refractivity contribution in [1.29, 1.82) is 0 Å². The van der Waals surface area contributed by atoms with Crippen molar-refractivity contribution in [3.63, 3.8) is 0 Å². The fraction of sp³-hybridized carbons (Fsp3) is 0.667. The second kappa shape index (κ2) is 5.80. The predicted molar refractivity (Wildman–Crippen MR) is 65.7 cm³/mol. The van der Waals surface area contributed by atoms with Gasteiger partial charge < -0.3 is 5.32 Å². The van der Waals surface area contributed by atoms with Crippen LogP contribution >= 0.6 is 0 Å². The third-order valence-corrected chi connectivity index (χ3v) is 2.84. The Balaban J connectivity index is 2.64. The summed E-state index contributed by atoms with van der Waals surface area (Å²) in [6.07, 6.45) is 2.06. The van der Waals surface area contributed by atoms with Crippen LogP contribution in [0.4, 0.5) is 0 Å². The van der Waals surface area contributed by atoms with Crippen molar-refractivity contribution in [2.24, 2.45) is 0 Å². The van der Waals surface area contributed by atoms with E-state index in [1.54, 1.807) is 10.6 Å². The summed E-state index contributed by atoms with van der Waals surface area (Å²) < 4.78 is 1.75. The van der Waals surface area contributed by atoms with E-state index in [-0.39, 0.29) is 5.56 Å². The van der Waals surface area contributed by atoms with E-state index in [1.807, 2.05) is 20.9 Å². The molecule has 0 aliphatic carbocycles. The molecular weight excluding hydrogens is 202 g/mol. The van der Waals surface area contributed by atoms with E-state index in [9.17, 15) is 4.79 Å². The van der Waals surface area contributed by atoms with Crippen molar-refractivity contribution < 1.29 is 0 Å². The van der Waals surface area contributed by atoms with Gasteiger partial charge in [0, 0.05) is 24.3 Å². The number of rotatable bonds is 5. The summed E-state index contributed by atoms with van der Waals surface area (Å²) >= 11 is 0. The molecule has 4 heteroatoms. The van der Waals surface area contributed by atoms with Gasteiger partial charge in [-0.05, 0) is 40.7 Å². The number of nitrogens with one attached hydrogen (secondary N) is 1. The minimum atomic E-state index is 0.0575. The Morgan fingerprint density at radius 3 is 2.75 bits per heavy atom. The Bertz CT molecular complexity index is 398. The molecule has 0 bridgehead atoms. The van der Waals surface area contributed by atoms with Crippen LogP contribution in [0.25, 0.3) is 0 Å². The summed E-state index contributed by atoms with van der Waals surface area (Å²) in [7, 11) is 1.95. The first-order chi connectivity index (χ1) is 7.54. The Hall–Kier alpha value is -1.16. The smallest absolute Gasteiger partial charge is 0.253 e. The summed E-state index contributed by atoms with van der Waals surface area (Å²) in [6, 6.07) is 2.09. The Kier molecular flexibility index (Phi) is 4.68. The van der Waals surface area contributed by atoms with E-state index in [4.69, 9.17) is 0 Å². The van der Waals surface area contributed by atoms with Gasteiger partial charge in [0.1, 0.15) is 5.82 Å². The molecule has 90 valence electrons. The second-order valence-corrected chi connectivity index (χ2v) is 4.27. The fourth-order valence-electron chi connectivity index (χ4n) is 1.74. The van der Waals surface area contributed by atoms with Crippen LogP contribution < -0.4 is 10.9 Å². The van der Waals surface area contributed by atoms with Gasteiger partial charge in [-0.1, -0.05) is 0 Å². The molecule has 1 rings (SSSR count). The van der Waals surface area contributed by atoms with E-state index >= 15 is 0 Å². The molecule has 0 fully saturated rings. The largest absolute Gasteiger partial charge is 0.317 e. The predicted octanol–water partition coefficient (Wildman–Crippen LogP) is 1.25. The lowest BCUT2D eigenvalue weighted by molar-refractivity contribution is 0.493. The van der Waals surface area contributed by atoms with Crippen LogP contribution in [0.3, 0.4) is 0 Å². The van der Waals surface area contributed by atoms with Gasteiger partial charge in [0.05, 0.1) is 0 Å². The molecule has 1 atom stereocenters. The maximum atomic E-state index is 11.7. The SMILES string of the molecule is CNC(C)CCCn1c(C)nc(C)cc1=O. The Morgan fingerprint density at radius 2 is 2.19 bits per heavy atom. The summed E-state index contributed by atoms with van der Waals surface area (Å²) in [5.74, 6) is 0.808. The highest BCUT2D eigenvalue weighted by atomic mass is 16.1. The van der Waals surface area contributed by atoms with Gasteiger partial charge in [-0.25, -0.2) is 4.98 Å². The van der Waals surface area contributed by atoms with Gasteiger partial charge in [-0.2, -0.15) is 0 Å². The first-order valence-electron chi connectivity index (χ1n) is 5.77. The monoisotopic (exact) mass is 223 g/mol. The maximum Gasteiger partial charge on any atom is 0.253 e. The number of nitrogens with zero attached hydrogens (tertiary/aromatic N) is 2. The Labute approximate surface area is 96.7 Å². The minimum Gasteiger partial charge on any atom is -0.317 e. The van der Waals surface area contributed by atoms with Gasteiger partial charge in [0.25, 0.3) is 5.56 Å². The normalized spacial score (nSPS) is 12.8. The molecule has 0 aromatic carbocycles. The van der Waals surface area contributed by atoms with Gasteiger partial charge in [0.15, 0.2) is 0 Å². The van der Waals surface area contributed by atoms with Crippen molar-refractivity contribution in [3.8, 4) is 0 Å². The molecule has 0 saturated carbocycles. The van der Waals surface area contributed by atoms with E-state index in [2.05, 4.69) is 17.2 Å². The molecule has 0 spiro atoms. The second-order valence-electron chi connectivity index (χ2n) is 4.27. The zero-order valence-corrected chi connectivity index (χ0v) is 10.6. The first kappa shape index (κ1) is 12.9. The standard InChI is InChI=1S/C12H21N3O/c1-9(13-4)6-5-7-15-11(3)14-10(2)8-12(15)16/h8-9,13H,5-7H2,1-4H3. The number of aryl methyl sites for hydroxylation is 2. The molecule has 16 heavy (non-hydrogen) atoms. The highest BCUT2D eigenvalue weighted by Crippen LogP contribution is 2.00. The van der Waals surface area contributed by atoms with Crippen LogP contribution in [0.15, 0.2) is 10.9 Å². The third-order valence-electron chi connectivity index (χ3n) is 2.84. The number of aromatic nitrogens is 2. The van der Waals surface area contributed by atoms with Crippen molar-refractivity contribution >= 4 is 0 Å². The lowest BCUT2D eigenvalue weighted by Crippen LogP contribution is -2.26. The van der Waals surface area contributed by atoms with Crippen molar-refractivity contribution in [3.05, 3.63) is 27.9 Å². The van der Waals surface area contributed by atoms with Crippen molar-refractivity contribution in [2.45, 2.75) is 46.2 Å². The molecule has 1 N–H and O–H groups in total. The zero-order chi connectivity index (χ0) is 12.1. The molecule has 1 aromatic rings. The minimum absolute atomic E-state index is 0.0575. The van der Waals surface area contributed by atoms with Crippen LogP contribution in [0.1, 0.15) is 31.3 Å². The van der Waals surface area contributed by atoms with Crippen LogP contribution in [-0.2, 0) is 6.54 Å². The van der Waals surface area contributed by atoms with Gasteiger partial charge in [-0.15, -0.1) is 0 Å². The Morgan fingerprint density at radius 1 is 1.50 bits per heavy atom. The average molecular weight is 223 g/mol. The molecule has 1 unspecified atom stereocenters. The number of hydrogen-bond donors (Lipinski definition) is 1. The van der Waals surface area contributed by atoms with Crippen LogP contribution in [-0.4, -0.2) is 22.6 Å². The average Bonchev–Trinajstić information content (AvgIpc) is 2.21. The van der Waals surface area contributed by atoms with Gasteiger partial charge >= 0.3 is 0 Å². The molecule has 4 nitrogen and oxygen atoms in total. The summed E-state index contributed by atoms with van der Waals surface area (Å²) in [5.41, 5.74) is 0.851. The molecule has 0 aliphatic rings. The quantitative estimate of drug-likeness (QED) is 0.817. The molecule has 0 aliphatic heterocycles. The van der Waals surface area contributed by atoms with E-state index in [0.29, 0.717) is 6.04 Å². The van der Waals surface area contributed by atoms with Crippen molar-refractivity contribution in [1.82, 2.24) is 14.9 Å². The molecule has 1 heterocycles. The van der Waals surface area contributed by atoms with Gasteiger partial charge in [-0.3, -0.25) is 9.36 Å². The molecular formula is C12H21N3O. The fourth-order valence-corrected chi connectivity index (χ4v) is 1.74. The summed E-state index contributed by atoms with van der Waals surface area (Å²) in [4.78, 5) is 16.0. The first-order valence-corrected chi connectivity index (χ1v) is 5.77. The van der Waals surface area contributed by atoms with E-state index < -0.39 is 0 Å². The van der Waals surface area contributed by atoms with E-state index in [0.717, 1.165) is 30.9 Å². The molecule has 0 amide bonds. The maximum absolute atomic E-state index is 11.7. The molecule has 1 aromatic heterocycles. The summed E-state index contributed by atoms with van der Waals surface area (Å²) in [6.45, 7) is 6.63. The van der Waals surface area contributed by atoms with Gasteiger partial charge in [0.2, 0.25) is 0 Å². The lowest BCUT2D eigenvalue weighted by Gasteiger charge is -2.12. The van der Waals surface area contributed by atoms with Crippen LogP contribution in [0.2, 0.25) is 0 Å². The zero-order valence-electron chi connectivity index (χ0n) is 10.6. The summed E-state index contributed by atoms with van der Waals surface area (Å²) in [5, 5.41) is 3.19. The lowest BCUT2D eigenvalue weighted by atomic mass is 10.2. The number of hydrogen-bond acceptors (Lipinski definition) is 3. The highest BCUT2D eigenvalue weighted by Gasteiger charge is 2.03. The topological polar surface area (TPSA) is 46.9 Å². The van der Waals surface area contributed by atoms with E-state index in [1.165, 1.54) is 0 Å². The van der Waals surface area contributed by atoms with Crippen LogP contribution in [0, 0.1) is 13.8 Å². The highest BCUT2D eigenvalue weighted by molar-refractivity contribution is 5.01.